The van der Waals surface area contributed by atoms with Gasteiger partial charge in [-0.25, -0.2) is 4.39 Å². The molecule has 1 heterocycles. The molecule has 0 radical (unpaired) electrons. The number of ether oxygens (including phenoxy) is 1. The molecule has 0 bridgehead atoms. The van der Waals surface area contributed by atoms with E-state index < -0.39 is 0 Å². The molecule has 0 saturated carbocycles. The maximum absolute atomic E-state index is 13.6. The van der Waals surface area contributed by atoms with Crippen molar-refractivity contribution in [1.82, 2.24) is 5.32 Å². The maximum atomic E-state index is 13.6. The summed E-state index contributed by atoms with van der Waals surface area (Å²) in [6.45, 7) is 4.05. The van der Waals surface area contributed by atoms with Gasteiger partial charge >= 0.3 is 0 Å². The Labute approximate surface area is 152 Å². The summed E-state index contributed by atoms with van der Waals surface area (Å²) >= 11 is 1.42. The minimum atomic E-state index is -0.327. The zero-order chi connectivity index (χ0) is 17.9. The molecule has 0 aliphatic carbocycles. The molecule has 0 spiro atoms. The Morgan fingerprint density at radius 3 is 2.76 bits per heavy atom. The van der Waals surface area contributed by atoms with E-state index in [0.29, 0.717) is 23.5 Å². The SMILES string of the molecule is CC1(C)CC(NC(=O)CSCc2ccccc2F)c2ccccc2O1. The number of para-hydroxylation sites is 1. The molecule has 0 fully saturated rings. The molecule has 1 atom stereocenters. The third-order valence-corrected chi connectivity index (χ3v) is 5.14. The molecule has 2 aromatic rings. The molecule has 2 aromatic carbocycles. The van der Waals surface area contributed by atoms with Gasteiger partial charge in [-0.1, -0.05) is 36.4 Å². The van der Waals surface area contributed by atoms with Crippen LogP contribution in [0.3, 0.4) is 0 Å². The van der Waals surface area contributed by atoms with E-state index in [0.717, 1.165) is 11.3 Å². The van der Waals surface area contributed by atoms with Gasteiger partial charge in [0.25, 0.3) is 0 Å². The number of fused-ring (bicyclic) bond motifs is 1. The largest absolute Gasteiger partial charge is 0.487 e. The first-order valence-corrected chi connectivity index (χ1v) is 9.48. The minimum Gasteiger partial charge on any atom is -0.487 e. The van der Waals surface area contributed by atoms with Crippen LogP contribution in [0.2, 0.25) is 0 Å². The fourth-order valence-electron chi connectivity index (χ4n) is 3.04. The summed E-state index contributed by atoms with van der Waals surface area (Å²) in [6.07, 6.45) is 0.716. The summed E-state index contributed by atoms with van der Waals surface area (Å²) in [4.78, 5) is 12.3. The summed E-state index contributed by atoms with van der Waals surface area (Å²) in [5.74, 6) is 1.34. The van der Waals surface area contributed by atoms with Gasteiger partial charge in [0.05, 0.1) is 11.8 Å². The Morgan fingerprint density at radius 2 is 1.96 bits per heavy atom. The number of hydrogen-bond acceptors (Lipinski definition) is 3. The van der Waals surface area contributed by atoms with Crippen LogP contribution < -0.4 is 10.1 Å². The van der Waals surface area contributed by atoms with Crippen LogP contribution in [-0.2, 0) is 10.5 Å². The van der Waals surface area contributed by atoms with Crippen LogP contribution in [0.1, 0.15) is 37.4 Å². The highest BCUT2D eigenvalue weighted by Gasteiger charge is 2.34. The van der Waals surface area contributed by atoms with E-state index >= 15 is 0 Å². The van der Waals surface area contributed by atoms with Crippen molar-refractivity contribution in [2.24, 2.45) is 0 Å². The number of thioether (sulfide) groups is 1. The predicted octanol–water partition coefficient (Wildman–Crippen LogP) is 4.48. The molecule has 1 unspecified atom stereocenters. The summed E-state index contributed by atoms with van der Waals surface area (Å²) in [7, 11) is 0. The van der Waals surface area contributed by atoms with Crippen molar-refractivity contribution in [3.05, 3.63) is 65.5 Å². The molecule has 1 amide bonds. The third kappa shape index (κ3) is 4.54. The first kappa shape index (κ1) is 17.8. The number of hydrogen-bond donors (Lipinski definition) is 1. The smallest absolute Gasteiger partial charge is 0.230 e. The standard InChI is InChI=1S/C20H22FNO2S/c1-20(2)11-17(15-8-4-6-10-18(15)24-20)22-19(23)13-25-12-14-7-3-5-9-16(14)21/h3-10,17H,11-13H2,1-2H3,(H,22,23). The number of carbonyl (C=O) groups is 1. The Balaban J connectivity index is 1.58. The lowest BCUT2D eigenvalue weighted by Gasteiger charge is -2.37. The molecule has 0 saturated heterocycles. The van der Waals surface area contributed by atoms with Crippen molar-refractivity contribution >= 4 is 17.7 Å². The first-order chi connectivity index (χ1) is 11.9. The lowest BCUT2D eigenvalue weighted by molar-refractivity contribution is -0.119. The summed E-state index contributed by atoms with van der Waals surface area (Å²) in [6, 6.07) is 14.4. The van der Waals surface area contributed by atoms with Crippen molar-refractivity contribution in [1.29, 1.82) is 0 Å². The molecule has 1 N–H and O–H groups in total. The molecule has 3 rings (SSSR count). The van der Waals surface area contributed by atoms with E-state index in [2.05, 4.69) is 5.32 Å². The van der Waals surface area contributed by atoms with Crippen molar-refractivity contribution in [3.63, 3.8) is 0 Å². The second-order valence-electron chi connectivity index (χ2n) is 6.81. The van der Waals surface area contributed by atoms with Gasteiger partial charge in [-0.2, -0.15) is 0 Å². The molecule has 1 aliphatic rings. The Morgan fingerprint density at radius 1 is 1.24 bits per heavy atom. The van der Waals surface area contributed by atoms with Crippen LogP contribution in [0.25, 0.3) is 0 Å². The molecule has 25 heavy (non-hydrogen) atoms. The van der Waals surface area contributed by atoms with E-state index in [4.69, 9.17) is 4.74 Å². The molecule has 0 aromatic heterocycles. The lowest BCUT2D eigenvalue weighted by atomic mass is 9.90. The Bertz CT molecular complexity index is 763. The summed E-state index contributed by atoms with van der Waals surface area (Å²) in [5, 5.41) is 3.10. The average Bonchev–Trinajstić information content (AvgIpc) is 2.55. The van der Waals surface area contributed by atoms with E-state index in [1.54, 1.807) is 18.2 Å². The van der Waals surface area contributed by atoms with Crippen LogP contribution in [0, 0.1) is 5.82 Å². The molecule has 3 nitrogen and oxygen atoms in total. The number of nitrogens with one attached hydrogen (secondary N) is 1. The van der Waals surface area contributed by atoms with Gasteiger partial charge < -0.3 is 10.1 Å². The number of carbonyl (C=O) groups excluding carboxylic acids is 1. The minimum absolute atomic E-state index is 0.0427. The van der Waals surface area contributed by atoms with Crippen LogP contribution in [0.5, 0.6) is 5.75 Å². The van der Waals surface area contributed by atoms with Crippen molar-refractivity contribution in [3.8, 4) is 5.75 Å². The third-order valence-electron chi connectivity index (χ3n) is 4.16. The molecule has 132 valence electrons. The zero-order valence-electron chi connectivity index (χ0n) is 14.4. The van der Waals surface area contributed by atoms with E-state index in [9.17, 15) is 9.18 Å². The van der Waals surface area contributed by atoms with Gasteiger partial charge in [0.1, 0.15) is 17.2 Å². The normalized spacial score (nSPS) is 18.1. The molecule has 1 aliphatic heterocycles. The van der Waals surface area contributed by atoms with Gasteiger partial charge in [-0.05, 0) is 31.5 Å². The second kappa shape index (κ2) is 7.48. The van der Waals surface area contributed by atoms with Crippen LogP contribution in [0.4, 0.5) is 4.39 Å². The highest BCUT2D eigenvalue weighted by Crippen LogP contribution is 2.39. The molecular formula is C20H22FNO2S. The fourth-order valence-corrected chi connectivity index (χ4v) is 3.86. The number of amides is 1. The van der Waals surface area contributed by atoms with Gasteiger partial charge in [-0.3, -0.25) is 4.79 Å². The summed E-state index contributed by atoms with van der Waals surface area (Å²) in [5.41, 5.74) is 1.30. The van der Waals surface area contributed by atoms with Crippen LogP contribution in [0.15, 0.2) is 48.5 Å². The highest BCUT2D eigenvalue weighted by atomic mass is 32.2. The number of halogens is 1. The van der Waals surface area contributed by atoms with Crippen molar-refractivity contribution in [2.45, 2.75) is 37.7 Å². The topological polar surface area (TPSA) is 38.3 Å². The van der Waals surface area contributed by atoms with Crippen molar-refractivity contribution in [2.75, 3.05) is 5.75 Å². The average molecular weight is 359 g/mol. The monoisotopic (exact) mass is 359 g/mol. The highest BCUT2D eigenvalue weighted by molar-refractivity contribution is 7.99. The van der Waals surface area contributed by atoms with E-state index in [1.165, 1.54) is 17.8 Å². The first-order valence-electron chi connectivity index (χ1n) is 8.33. The van der Waals surface area contributed by atoms with Crippen LogP contribution >= 0.6 is 11.8 Å². The Hall–Kier alpha value is -2.01. The van der Waals surface area contributed by atoms with Gasteiger partial charge in [0.2, 0.25) is 5.91 Å². The lowest BCUT2D eigenvalue weighted by Crippen LogP contribution is -2.41. The number of benzene rings is 2. The maximum Gasteiger partial charge on any atom is 0.230 e. The van der Waals surface area contributed by atoms with E-state index in [-0.39, 0.29) is 23.4 Å². The van der Waals surface area contributed by atoms with Crippen molar-refractivity contribution < 1.29 is 13.9 Å². The van der Waals surface area contributed by atoms with E-state index in [1.807, 2.05) is 38.1 Å². The fraction of sp³-hybridized carbons (Fsp3) is 0.350. The van der Waals surface area contributed by atoms with Crippen LogP contribution in [-0.4, -0.2) is 17.3 Å². The Kier molecular flexibility index (Phi) is 5.33. The molecule has 5 heteroatoms. The second-order valence-corrected chi connectivity index (χ2v) is 7.79. The molecular weight excluding hydrogens is 337 g/mol. The van der Waals surface area contributed by atoms with Gasteiger partial charge in [0, 0.05) is 17.7 Å². The quantitative estimate of drug-likeness (QED) is 0.855. The van der Waals surface area contributed by atoms with Gasteiger partial charge in [-0.15, -0.1) is 11.8 Å². The number of rotatable bonds is 5. The van der Waals surface area contributed by atoms with Gasteiger partial charge in [0.15, 0.2) is 0 Å². The summed E-state index contributed by atoms with van der Waals surface area (Å²) < 4.78 is 19.6. The predicted molar refractivity (Wildman–Crippen MR) is 99.2 cm³/mol. The zero-order valence-corrected chi connectivity index (χ0v) is 15.2.